The van der Waals surface area contributed by atoms with Gasteiger partial charge in [0.25, 0.3) is 6.01 Å². The molecule has 0 saturated carbocycles. The van der Waals surface area contributed by atoms with E-state index in [1.807, 2.05) is 31.2 Å². The monoisotopic (exact) mass is 218 g/mol. The molecule has 0 saturated heterocycles. The van der Waals surface area contributed by atoms with Gasteiger partial charge in [-0.25, -0.2) is 4.98 Å². The second-order valence-electron chi connectivity index (χ2n) is 3.42. The maximum absolute atomic E-state index is 5.42. The highest BCUT2D eigenvalue weighted by atomic mass is 16.5. The van der Waals surface area contributed by atoms with E-state index in [9.17, 15) is 0 Å². The van der Waals surface area contributed by atoms with Gasteiger partial charge in [-0.2, -0.15) is 0 Å². The quantitative estimate of drug-likeness (QED) is 0.854. The van der Waals surface area contributed by atoms with Crippen molar-refractivity contribution in [1.82, 2.24) is 4.98 Å². The van der Waals surface area contributed by atoms with Crippen LogP contribution >= 0.6 is 0 Å². The van der Waals surface area contributed by atoms with Crippen molar-refractivity contribution in [3.05, 3.63) is 41.8 Å². The van der Waals surface area contributed by atoms with E-state index in [2.05, 4.69) is 4.98 Å². The molecule has 0 atom stereocenters. The molecular weight excluding hydrogens is 204 g/mol. The molecule has 1 aromatic carbocycles. The first-order valence-corrected chi connectivity index (χ1v) is 5.20. The van der Waals surface area contributed by atoms with Gasteiger partial charge in [0.2, 0.25) is 0 Å². The molecule has 0 spiro atoms. The number of hydrogen-bond donors (Lipinski definition) is 1. The van der Waals surface area contributed by atoms with Crippen molar-refractivity contribution in [3.8, 4) is 5.75 Å². The van der Waals surface area contributed by atoms with E-state index in [1.165, 1.54) is 0 Å². The molecule has 2 rings (SSSR count). The number of rotatable bonds is 4. The lowest BCUT2D eigenvalue weighted by Crippen LogP contribution is -1.93. The van der Waals surface area contributed by atoms with Crippen LogP contribution in [0.25, 0.3) is 0 Å². The van der Waals surface area contributed by atoms with E-state index in [1.54, 1.807) is 6.20 Å². The molecule has 2 N–H and O–H groups in total. The molecule has 1 aromatic heterocycles. The van der Waals surface area contributed by atoms with E-state index in [4.69, 9.17) is 14.9 Å². The fourth-order valence-corrected chi connectivity index (χ4v) is 1.52. The fraction of sp³-hybridized carbons (Fsp3) is 0.250. The minimum atomic E-state index is 0.205. The average molecular weight is 218 g/mol. The Morgan fingerprint density at radius 1 is 1.44 bits per heavy atom. The first-order valence-electron chi connectivity index (χ1n) is 5.20. The minimum Gasteiger partial charge on any atom is -0.494 e. The number of anilines is 1. The van der Waals surface area contributed by atoms with Gasteiger partial charge in [-0.3, -0.25) is 0 Å². The average Bonchev–Trinajstić information content (AvgIpc) is 2.65. The summed E-state index contributed by atoms with van der Waals surface area (Å²) in [6.07, 6.45) is 2.31. The van der Waals surface area contributed by atoms with Gasteiger partial charge >= 0.3 is 0 Å². The Kier molecular flexibility index (Phi) is 3.10. The first-order chi connectivity index (χ1) is 7.78. The third-order valence-corrected chi connectivity index (χ3v) is 2.16. The van der Waals surface area contributed by atoms with Gasteiger partial charge in [-0.05, 0) is 24.6 Å². The van der Waals surface area contributed by atoms with Crippen LogP contribution in [0.3, 0.4) is 0 Å². The smallest absolute Gasteiger partial charge is 0.292 e. The summed E-state index contributed by atoms with van der Waals surface area (Å²) in [7, 11) is 0. The lowest BCUT2D eigenvalue weighted by Gasteiger charge is -2.04. The molecule has 4 nitrogen and oxygen atoms in total. The minimum absolute atomic E-state index is 0.205. The summed E-state index contributed by atoms with van der Waals surface area (Å²) < 4.78 is 10.6. The Morgan fingerprint density at radius 3 is 3.00 bits per heavy atom. The molecule has 0 aliphatic carbocycles. The lowest BCUT2D eigenvalue weighted by atomic mass is 10.1. The highest BCUT2D eigenvalue weighted by Crippen LogP contribution is 2.17. The fourth-order valence-electron chi connectivity index (χ4n) is 1.52. The van der Waals surface area contributed by atoms with Crippen molar-refractivity contribution in [2.45, 2.75) is 13.3 Å². The lowest BCUT2D eigenvalue weighted by molar-refractivity contribution is 0.340. The van der Waals surface area contributed by atoms with Gasteiger partial charge in [0.05, 0.1) is 12.8 Å². The number of ether oxygens (including phenoxy) is 1. The van der Waals surface area contributed by atoms with Crippen LogP contribution in [0.15, 0.2) is 34.9 Å². The number of aromatic nitrogens is 1. The van der Waals surface area contributed by atoms with Crippen LogP contribution in [-0.4, -0.2) is 11.6 Å². The van der Waals surface area contributed by atoms with Crippen LogP contribution in [0.4, 0.5) is 6.01 Å². The largest absolute Gasteiger partial charge is 0.494 e. The summed E-state index contributed by atoms with van der Waals surface area (Å²) in [4.78, 5) is 3.85. The van der Waals surface area contributed by atoms with E-state index >= 15 is 0 Å². The standard InChI is InChI=1S/C12H14N2O2/c1-2-15-10-5-3-4-9(6-10)7-11-8-14-12(13)16-11/h3-6,8H,2,7H2,1H3,(H2,13,14). The molecule has 16 heavy (non-hydrogen) atoms. The maximum Gasteiger partial charge on any atom is 0.292 e. The van der Waals surface area contributed by atoms with Crippen LogP contribution in [-0.2, 0) is 6.42 Å². The zero-order valence-corrected chi connectivity index (χ0v) is 9.14. The highest BCUT2D eigenvalue weighted by Gasteiger charge is 2.03. The molecule has 4 heteroatoms. The molecule has 0 aliphatic heterocycles. The SMILES string of the molecule is CCOc1cccc(Cc2cnc(N)o2)c1. The Morgan fingerprint density at radius 2 is 2.31 bits per heavy atom. The normalized spacial score (nSPS) is 10.3. The summed E-state index contributed by atoms with van der Waals surface area (Å²) in [5, 5.41) is 0. The van der Waals surface area contributed by atoms with E-state index in [0.29, 0.717) is 13.0 Å². The predicted octanol–water partition coefficient (Wildman–Crippen LogP) is 2.25. The van der Waals surface area contributed by atoms with Gasteiger partial charge in [0, 0.05) is 6.42 Å². The van der Waals surface area contributed by atoms with Crippen LogP contribution in [0.5, 0.6) is 5.75 Å². The van der Waals surface area contributed by atoms with Gasteiger partial charge < -0.3 is 14.9 Å². The van der Waals surface area contributed by atoms with Gasteiger partial charge in [0.1, 0.15) is 11.5 Å². The van der Waals surface area contributed by atoms with Crippen molar-refractivity contribution < 1.29 is 9.15 Å². The van der Waals surface area contributed by atoms with E-state index in [0.717, 1.165) is 17.1 Å². The number of benzene rings is 1. The third kappa shape index (κ3) is 2.53. The van der Waals surface area contributed by atoms with Crippen molar-refractivity contribution in [2.24, 2.45) is 0 Å². The van der Waals surface area contributed by atoms with Gasteiger partial charge in [-0.15, -0.1) is 0 Å². The molecule has 0 aliphatic rings. The van der Waals surface area contributed by atoms with E-state index in [-0.39, 0.29) is 6.01 Å². The Labute approximate surface area is 94.1 Å². The molecule has 0 unspecified atom stereocenters. The van der Waals surface area contributed by atoms with Crippen molar-refractivity contribution in [2.75, 3.05) is 12.3 Å². The van der Waals surface area contributed by atoms with Gasteiger partial charge in [0.15, 0.2) is 0 Å². The molecular formula is C12H14N2O2. The Bertz CT molecular complexity index is 466. The highest BCUT2D eigenvalue weighted by molar-refractivity contribution is 5.30. The van der Waals surface area contributed by atoms with Crippen LogP contribution in [0, 0.1) is 0 Å². The zero-order valence-electron chi connectivity index (χ0n) is 9.14. The first kappa shape index (κ1) is 10.5. The summed E-state index contributed by atoms with van der Waals surface area (Å²) in [5.74, 6) is 1.62. The molecule has 84 valence electrons. The van der Waals surface area contributed by atoms with Crippen molar-refractivity contribution in [1.29, 1.82) is 0 Å². The van der Waals surface area contributed by atoms with Crippen LogP contribution < -0.4 is 10.5 Å². The topological polar surface area (TPSA) is 61.3 Å². The van der Waals surface area contributed by atoms with Crippen molar-refractivity contribution in [3.63, 3.8) is 0 Å². The molecule has 0 amide bonds. The second-order valence-corrected chi connectivity index (χ2v) is 3.42. The Balaban J connectivity index is 2.12. The summed E-state index contributed by atoms with van der Waals surface area (Å²) >= 11 is 0. The summed E-state index contributed by atoms with van der Waals surface area (Å²) in [6.45, 7) is 2.63. The predicted molar refractivity (Wildman–Crippen MR) is 61.3 cm³/mol. The number of hydrogen-bond acceptors (Lipinski definition) is 4. The number of nitrogens with zero attached hydrogens (tertiary/aromatic N) is 1. The maximum atomic E-state index is 5.42. The van der Waals surface area contributed by atoms with E-state index < -0.39 is 0 Å². The molecule has 1 heterocycles. The number of nitrogen functional groups attached to an aromatic ring is 1. The Hall–Kier alpha value is -1.97. The molecule has 0 bridgehead atoms. The number of nitrogens with two attached hydrogens (primary N) is 1. The molecule has 0 fully saturated rings. The van der Waals surface area contributed by atoms with Crippen LogP contribution in [0.1, 0.15) is 18.2 Å². The summed E-state index contributed by atoms with van der Waals surface area (Å²) in [6, 6.07) is 8.10. The molecule has 2 aromatic rings. The summed E-state index contributed by atoms with van der Waals surface area (Å²) in [5.41, 5.74) is 6.52. The number of oxazole rings is 1. The second kappa shape index (κ2) is 4.70. The van der Waals surface area contributed by atoms with Crippen LogP contribution in [0.2, 0.25) is 0 Å². The zero-order chi connectivity index (χ0) is 11.4. The third-order valence-electron chi connectivity index (χ3n) is 2.16. The van der Waals surface area contributed by atoms with Crippen molar-refractivity contribution >= 4 is 6.01 Å². The van der Waals surface area contributed by atoms with Gasteiger partial charge in [-0.1, -0.05) is 12.1 Å². The molecule has 0 radical (unpaired) electrons.